The fourth-order valence-corrected chi connectivity index (χ4v) is 3.33. The van der Waals surface area contributed by atoms with E-state index in [1.165, 1.54) is 0 Å². The van der Waals surface area contributed by atoms with Gasteiger partial charge in [0, 0.05) is 11.8 Å². The lowest BCUT2D eigenvalue weighted by Gasteiger charge is -2.31. The smallest absolute Gasteiger partial charge is 0.0951 e. The summed E-state index contributed by atoms with van der Waals surface area (Å²) < 4.78 is 11.6. The highest BCUT2D eigenvalue weighted by molar-refractivity contribution is 7.09. The zero-order chi connectivity index (χ0) is 13.0. The highest BCUT2D eigenvalue weighted by Gasteiger charge is 2.24. The van der Waals surface area contributed by atoms with Gasteiger partial charge < -0.3 is 9.47 Å². The van der Waals surface area contributed by atoms with Gasteiger partial charge in [-0.05, 0) is 26.7 Å². The molecule has 0 aliphatic carbocycles. The van der Waals surface area contributed by atoms with Gasteiger partial charge in [0.25, 0.3) is 0 Å². The first-order chi connectivity index (χ1) is 8.67. The Morgan fingerprint density at radius 1 is 1.44 bits per heavy atom. The van der Waals surface area contributed by atoms with Gasteiger partial charge in [-0.3, -0.25) is 0 Å². The van der Waals surface area contributed by atoms with Crippen LogP contribution >= 0.6 is 22.9 Å². The molecular formula is C13H20ClNO2S. The Kier molecular flexibility index (Phi) is 5.42. The molecule has 0 spiro atoms. The van der Waals surface area contributed by atoms with Gasteiger partial charge in [0.2, 0.25) is 0 Å². The van der Waals surface area contributed by atoms with Crippen molar-refractivity contribution in [2.45, 2.75) is 57.3 Å². The molecule has 0 N–H and O–H groups in total. The van der Waals surface area contributed by atoms with Crippen LogP contribution < -0.4 is 0 Å². The summed E-state index contributed by atoms with van der Waals surface area (Å²) in [5.41, 5.74) is 0.963. The van der Waals surface area contributed by atoms with Crippen LogP contribution in [0.15, 0.2) is 5.38 Å². The number of nitrogens with zero attached hydrogens (tertiary/aromatic N) is 1. The van der Waals surface area contributed by atoms with E-state index in [4.69, 9.17) is 21.1 Å². The molecule has 1 fully saturated rings. The Morgan fingerprint density at radius 2 is 2.17 bits per heavy atom. The topological polar surface area (TPSA) is 31.4 Å². The molecule has 0 radical (unpaired) electrons. The summed E-state index contributed by atoms with van der Waals surface area (Å²) in [4.78, 5) is 4.42. The maximum atomic E-state index is 5.92. The van der Waals surface area contributed by atoms with Crippen LogP contribution in [0.3, 0.4) is 0 Å². The van der Waals surface area contributed by atoms with Gasteiger partial charge in [-0.15, -0.1) is 22.9 Å². The van der Waals surface area contributed by atoms with Crippen molar-refractivity contribution in [1.82, 2.24) is 4.98 Å². The van der Waals surface area contributed by atoms with E-state index >= 15 is 0 Å². The fraction of sp³-hybridized carbons (Fsp3) is 0.769. The zero-order valence-electron chi connectivity index (χ0n) is 10.9. The Bertz CT molecular complexity index is 362. The molecule has 1 aliphatic rings. The second kappa shape index (κ2) is 6.85. The molecule has 5 heteroatoms. The summed E-state index contributed by atoms with van der Waals surface area (Å²) in [5.74, 6) is 0.492. The summed E-state index contributed by atoms with van der Waals surface area (Å²) in [7, 11) is 0. The minimum atomic E-state index is 0.307. The minimum Gasteiger partial charge on any atom is -0.378 e. The van der Waals surface area contributed by atoms with Crippen LogP contribution in [0.1, 0.15) is 37.4 Å². The molecule has 2 unspecified atom stereocenters. The number of rotatable bonds is 5. The maximum absolute atomic E-state index is 5.92. The number of ether oxygens (including phenoxy) is 2. The molecule has 1 aromatic heterocycles. The van der Waals surface area contributed by atoms with Crippen molar-refractivity contribution in [3.05, 3.63) is 16.1 Å². The van der Waals surface area contributed by atoms with Crippen LogP contribution in [0.25, 0.3) is 0 Å². The second-order valence-electron chi connectivity index (χ2n) is 4.84. The average molecular weight is 290 g/mol. The van der Waals surface area contributed by atoms with E-state index in [0.717, 1.165) is 36.6 Å². The number of hydrogen-bond acceptors (Lipinski definition) is 4. The summed E-state index contributed by atoms with van der Waals surface area (Å²) in [6.45, 7) is 4.96. The number of alkyl halides is 1. The normalized spacial score (nSPS) is 28.5. The Balaban J connectivity index is 1.71. The number of hydrogen-bond donors (Lipinski definition) is 0. The van der Waals surface area contributed by atoms with Crippen LogP contribution in [0.2, 0.25) is 0 Å². The molecule has 2 heterocycles. The summed E-state index contributed by atoms with van der Waals surface area (Å²) in [6, 6.07) is 0. The Morgan fingerprint density at radius 3 is 2.78 bits per heavy atom. The molecular weight excluding hydrogens is 270 g/mol. The lowest BCUT2D eigenvalue weighted by atomic mass is 10.0. The largest absolute Gasteiger partial charge is 0.378 e. The Labute approximate surface area is 117 Å². The second-order valence-corrected chi connectivity index (χ2v) is 6.05. The predicted octanol–water partition coefficient (Wildman–Crippen LogP) is 3.40. The van der Waals surface area contributed by atoms with Crippen LogP contribution in [-0.2, 0) is 21.8 Å². The molecule has 0 saturated carbocycles. The van der Waals surface area contributed by atoms with E-state index in [2.05, 4.69) is 18.8 Å². The molecule has 18 heavy (non-hydrogen) atoms. The highest BCUT2D eigenvalue weighted by Crippen LogP contribution is 2.22. The third-order valence-corrected chi connectivity index (χ3v) is 4.29. The van der Waals surface area contributed by atoms with Crippen molar-refractivity contribution in [3.63, 3.8) is 0 Å². The molecule has 1 aromatic rings. The van der Waals surface area contributed by atoms with Crippen molar-refractivity contribution >= 4 is 22.9 Å². The predicted molar refractivity (Wildman–Crippen MR) is 74.4 cm³/mol. The van der Waals surface area contributed by atoms with Gasteiger partial charge in [0.15, 0.2) is 0 Å². The molecule has 2 rings (SSSR count). The van der Waals surface area contributed by atoms with Gasteiger partial charge >= 0.3 is 0 Å². The molecule has 102 valence electrons. The Hall–Kier alpha value is -0.160. The lowest BCUT2D eigenvalue weighted by Crippen LogP contribution is -2.34. The standard InChI is InChI=1S/C13H20ClNO2S/c1-9-5-12(6-10(2)17-9)16-4-3-13-15-11(7-14)8-18-13/h8-10,12H,3-7H2,1-2H3. The lowest BCUT2D eigenvalue weighted by molar-refractivity contribution is -0.101. The van der Waals surface area contributed by atoms with E-state index in [9.17, 15) is 0 Å². The minimum absolute atomic E-state index is 0.307. The number of aromatic nitrogens is 1. The first kappa shape index (κ1) is 14.3. The molecule has 2 atom stereocenters. The van der Waals surface area contributed by atoms with Crippen molar-refractivity contribution in [3.8, 4) is 0 Å². The third kappa shape index (κ3) is 4.19. The monoisotopic (exact) mass is 289 g/mol. The van der Waals surface area contributed by atoms with Crippen LogP contribution in [-0.4, -0.2) is 29.9 Å². The summed E-state index contributed by atoms with van der Waals surface area (Å²) in [5, 5.41) is 3.12. The molecule has 0 aromatic carbocycles. The summed E-state index contributed by atoms with van der Waals surface area (Å²) >= 11 is 7.39. The van der Waals surface area contributed by atoms with Gasteiger partial charge in [-0.2, -0.15) is 0 Å². The number of thiazole rings is 1. The average Bonchev–Trinajstić information content (AvgIpc) is 2.76. The molecule has 3 nitrogen and oxygen atoms in total. The third-order valence-electron chi connectivity index (χ3n) is 3.06. The fourth-order valence-electron chi connectivity index (χ4n) is 2.32. The maximum Gasteiger partial charge on any atom is 0.0951 e. The first-order valence-electron chi connectivity index (χ1n) is 6.43. The van der Waals surface area contributed by atoms with E-state index in [1.807, 2.05) is 5.38 Å². The van der Waals surface area contributed by atoms with Crippen molar-refractivity contribution in [1.29, 1.82) is 0 Å². The van der Waals surface area contributed by atoms with E-state index in [1.54, 1.807) is 11.3 Å². The molecule has 0 bridgehead atoms. The van der Waals surface area contributed by atoms with E-state index in [0.29, 0.717) is 24.2 Å². The van der Waals surface area contributed by atoms with Crippen molar-refractivity contribution in [2.75, 3.05) is 6.61 Å². The zero-order valence-corrected chi connectivity index (χ0v) is 12.5. The van der Waals surface area contributed by atoms with Gasteiger partial charge in [0.1, 0.15) is 0 Å². The molecule has 1 aliphatic heterocycles. The van der Waals surface area contributed by atoms with Crippen LogP contribution in [0.4, 0.5) is 0 Å². The first-order valence-corrected chi connectivity index (χ1v) is 7.85. The highest BCUT2D eigenvalue weighted by atomic mass is 35.5. The van der Waals surface area contributed by atoms with E-state index < -0.39 is 0 Å². The van der Waals surface area contributed by atoms with Crippen LogP contribution in [0, 0.1) is 0 Å². The van der Waals surface area contributed by atoms with Gasteiger partial charge in [-0.25, -0.2) is 4.98 Å². The SMILES string of the molecule is CC1CC(OCCc2nc(CCl)cs2)CC(C)O1. The van der Waals surface area contributed by atoms with Gasteiger partial charge in [0.05, 0.1) is 41.5 Å². The molecule has 1 saturated heterocycles. The number of halogens is 1. The van der Waals surface area contributed by atoms with Gasteiger partial charge in [-0.1, -0.05) is 0 Å². The van der Waals surface area contributed by atoms with E-state index in [-0.39, 0.29) is 0 Å². The van der Waals surface area contributed by atoms with Crippen molar-refractivity contribution < 1.29 is 9.47 Å². The van der Waals surface area contributed by atoms with Crippen molar-refractivity contribution in [2.24, 2.45) is 0 Å². The quantitative estimate of drug-likeness (QED) is 0.779. The summed E-state index contributed by atoms with van der Waals surface area (Å²) in [6.07, 6.45) is 3.81. The van der Waals surface area contributed by atoms with Crippen LogP contribution in [0.5, 0.6) is 0 Å². The molecule has 0 amide bonds.